The molecule has 1 unspecified atom stereocenters. The number of aromatic nitrogens is 2. The lowest BCUT2D eigenvalue weighted by molar-refractivity contribution is -0.109. The van der Waals surface area contributed by atoms with Crippen LogP contribution in [0.2, 0.25) is 0 Å². The van der Waals surface area contributed by atoms with Crippen LogP contribution in [0.1, 0.15) is 35.0 Å². The molecule has 1 saturated heterocycles. The summed E-state index contributed by atoms with van der Waals surface area (Å²) in [7, 11) is 0. The molecule has 0 saturated carbocycles. The molecule has 0 bridgehead atoms. The first kappa shape index (κ1) is 28.3. The molecule has 4 N–H and O–H groups in total. The van der Waals surface area contributed by atoms with Gasteiger partial charge in [-0.05, 0) is 54.1 Å². The fraction of sp³-hybridized carbons (Fsp3) is 0.345. The molecule has 3 aromatic heterocycles. The number of aryl methyl sites for hydroxylation is 1. The Balaban J connectivity index is 0.000000193. The Kier molecular flexibility index (Phi) is 10.1. The number of pyridine rings is 1. The summed E-state index contributed by atoms with van der Waals surface area (Å²) in [5, 5.41) is 22.2. The van der Waals surface area contributed by atoms with E-state index < -0.39 is 0 Å². The number of carbonyl (C=O) groups excluding carboxylic acids is 2. The van der Waals surface area contributed by atoms with Crippen molar-refractivity contribution < 1.29 is 14.7 Å². The highest BCUT2D eigenvalue weighted by atomic mass is 32.1. The van der Waals surface area contributed by atoms with E-state index in [4.69, 9.17) is 0 Å². The summed E-state index contributed by atoms with van der Waals surface area (Å²) >= 11 is 1.57. The van der Waals surface area contributed by atoms with Gasteiger partial charge in [-0.25, -0.2) is 4.98 Å². The molecular formula is C29H36N6O3S. The maximum Gasteiger partial charge on any atom is 0.270 e. The zero-order valence-electron chi connectivity index (χ0n) is 22.4. The van der Waals surface area contributed by atoms with Crippen LogP contribution < -0.4 is 20.9 Å². The van der Waals surface area contributed by atoms with Crippen LogP contribution in [-0.2, 0) is 11.3 Å². The molecule has 206 valence electrons. The van der Waals surface area contributed by atoms with Crippen molar-refractivity contribution >= 4 is 35.0 Å². The molecule has 1 atom stereocenters. The molecule has 2 amide bonds. The van der Waals surface area contributed by atoms with Crippen molar-refractivity contribution in [1.29, 1.82) is 0 Å². The summed E-state index contributed by atoms with van der Waals surface area (Å²) < 4.78 is 1.82. The third-order valence-electron chi connectivity index (χ3n) is 6.71. The summed E-state index contributed by atoms with van der Waals surface area (Å²) in [4.78, 5) is 30.0. The van der Waals surface area contributed by atoms with Gasteiger partial charge in [-0.3, -0.25) is 14.0 Å². The van der Waals surface area contributed by atoms with Crippen LogP contribution in [0.3, 0.4) is 0 Å². The number of nitrogens with one attached hydrogen (secondary N) is 3. The summed E-state index contributed by atoms with van der Waals surface area (Å²) in [5.74, 6) is -0.217. The van der Waals surface area contributed by atoms with Crippen molar-refractivity contribution in [3.05, 3.63) is 76.2 Å². The van der Waals surface area contributed by atoms with Crippen molar-refractivity contribution in [2.45, 2.75) is 32.9 Å². The van der Waals surface area contributed by atoms with Gasteiger partial charge in [0.25, 0.3) is 5.91 Å². The zero-order chi connectivity index (χ0) is 27.6. The number of aliphatic hydroxyl groups is 1. The predicted octanol–water partition coefficient (Wildman–Crippen LogP) is 3.21. The van der Waals surface area contributed by atoms with Gasteiger partial charge in [0, 0.05) is 55.6 Å². The third kappa shape index (κ3) is 7.03. The minimum atomic E-state index is -0.256. The van der Waals surface area contributed by atoms with E-state index in [9.17, 15) is 14.7 Å². The smallest absolute Gasteiger partial charge is 0.270 e. The molecule has 0 aliphatic carbocycles. The second-order valence-electron chi connectivity index (χ2n) is 9.37. The molecule has 5 rings (SSSR count). The van der Waals surface area contributed by atoms with Crippen LogP contribution in [0, 0.1) is 6.92 Å². The van der Waals surface area contributed by atoms with E-state index >= 15 is 0 Å². The number of hydrogen-bond donors (Lipinski definition) is 4. The predicted molar refractivity (Wildman–Crippen MR) is 156 cm³/mol. The fourth-order valence-corrected chi connectivity index (χ4v) is 5.10. The lowest BCUT2D eigenvalue weighted by atomic mass is 10.1. The highest BCUT2D eigenvalue weighted by molar-refractivity contribution is 7.08. The maximum atomic E-state index is 12.8. The Labute approximate surface area is 232 Å². The van der Waals surface area contributed by atoms with Gasteiger partial charge in [0.1, 0.15) is 17.0 Å². The van der Waals surface area contributed by atoms with Gasteiger partial charge in [-0.15, -0.1) is 0 Å². The Morgan fingerprint density at radius 1 is 1.21 bits per heavy atom. The molecule has 4 aromatic rings. The molecule has 4 heterocycles. The Hall–Kier alpha value is -3.73. The standard InChI is InChI=1S/C17H19N3O2S.C12H17N3O/c1-3-13(9-21)18-17(22)15-14(12-6-8-23-10-12)19-16-11(2)5-4-7-20(15)16;16-10-14-9-11-1-3-12(4-2-11)15-7-5-13-6-8-15/h4-8,10,13,21H,3,9H2,1-2H3,(H,18,22);1-4,10,13H,5-9H2,(H,14,16). The van der Waals surface area contributed by atoms with Crippen LogP contribution in [0.5, 0.6) is 0 Å². The minimum Gasteiger partial charge on any atom is -0.394 e. The Morgan fingerprint density at radius 3 is 2.62 bits per heavy atom. The van der Waals surface area contributed by atoms with Gasteiger partial charge < -0.3 is 26.0 Å². The first-order valence-corrected chi connectivity index (χ1v) is 14.1. The van der Waals surface area contributed by atoms with E-state index in [0.29, 0.717) is 24.4 Å². The molecule has 0 spiro atoms. The van der Waals surface area contributed by atoms with Gasteiger partial charge in [-0.1, -0.05) is 25.1 Å². The average molecular weight is 549 g/mol. The number of piperazine rings is 1. The van der Waals surface area contributed by atoms with Gasteiger partial charge in [0.2, 0.25) is 6.41 Å². The number of rotatable bonds is 9. The van der Waals surface area contributed by atoms with E-state index in [1.54, 1.807) is 11.3 Å². The molecule has 39 heavy (non-hydrogen) atoms. The normalized spacial score (nSPS) is 13.9. The van der Waals surface area contributed by atoms with Crippen LogP contribution in [-0.4, -0.2) is 65.6 Å². The quantitative estimate of drug-likeness (QED) is 0.239. The SMILES string of the molecule is CCC(CO)NC(=O)c1c(-c2ccsc2)nc2c(C)cccn12.O=CNCc1ccc(N2CCNCC2)cc1. The number of imidazole rings is 1. The monoisotopic (exact) mass is 548 g/mol. The van der Waals surface area contributed by atoms with Gasteiger partial charge in [0.15, 0.2) is 0 Å². The lowest BCUT2D eigenvalue weighted by Crippen LogP contribution is -2.43. The molecule has 1 aromatic carbocycles. The number of aliphatic hydroxyl groups excluding tert-OH is 1. The Morgan fingerprint density at radius 2 is 1.97 bits per heavy atom. The minimum absolute atomic E-state index is 0.0776. The van der Waals surface area contributed by atoms with Crippen molar-refractivity contribution in [2.75, 3.05) is 37.7 Å². The van der Waals surface area contributed by atoms with Crippen LogP contribution >= 0.6 is 11.3 Å². The number of amides is 2. The van der Waals surface area contributed by atoms with Crippen molar-refractivity contribution in [1.82, 2.24) is 25.3 Å². The molecular weight excluding hydrogens is 512 g/mol. The van der Waals surface area contributed by atoms with E-state index in [-0.39, 0.29) is 18.6 Å². The first-order chi connectivity index (χ1) is 19.0. The maximum absolute atomic E-state index is 12.8. The lowest BCUT2D eigenvalue weighted by Gasteiger charge is -2.29. The number of thiophene rings is 1. The number of hydrogen-bond acceptors (Lipinski definition) is 7. The number of fused-ring (bicyclic) bond motifs is 1. The average Bonchev–Trinajstić information content (AvgIpc) is 3.65. The number of nitrogens with zero attached hydrogens (tertiary/aromatic N) is 3. The summed E-state index contributed by atoms with van der Waals surface area (Å²) in [6.45, 7) is 8.65. The fourth-order valence-electron chi connectivity index (χ4n) is 4.46. The number of benzene rings is 1. The molecule has 1 aliphatic heterocycles. The van der Waals surface area contributed by atoms with Crippen LogP contribution in [0.15, 0.2) is 59.4 Å². The van der Waals surface area contributed by atoms with Crippen molar-refractivity contribution in [3.63, 3.8) is 0 Å². The number of carbonyl (C=O) groups is 2. The summed E-state index contributed by atoms with van der Waals surface area (Å²) in [6, 6.07) is 13.9. The van der Waals surface area contributed by atoms with Gasteiger partial charge >= 0.3 is 0 Å². The molecule has 9 nitrogen and oxygen atoms in total. The van der Waals surface area contributed by atoms with E-state index in [1.807, 2.05) is 53.4 Å². The molecule has 1 fully saturated rings. The van der Waals surface area contributed by atoms with E-state index in [2.05, 4.69) is 50.1 Å². The largest absolute Gasteiger partial charge is 0.394 e. The first-order valence-electron chi connectivity index (χ1n) is 13.2. The van der Waals surface area contributed by atoms with Crippen molar-refractivity contribution in [2.24, 2.45) is 0 Å². The number of anilines is 1. The van der Waals surface area contributed by atoms with E-state index in [0.717, 1.165) is 54.9 Å². The topological polar surface area (TPSA) is 111 Å². The second-order valence-corrected chi connectivity index (χ2v) is 10.1. The van der Waals surface area contributed by atoms with Crippen LogP contribution in [0.4, 0.5) is 5.69 Å². The second kappa shape index (κ2) is 13.9. The molecule has 1 aliphatic rings. The van der Waals surface area contributed by atoms with Crippen LogP contribution in [0.25, 0.3) is 16.9 Å². The van der Waals surface area contributed by atoms with Crippen molar-refractivity contribution in [3.8, 4) is 11.3 Å². The highest BCUT2D eigenvalue weighted by Crippen LogP contribution is 2.27. The molecule has 0 radical (unpaired) electrons. The summed E-state index contributed by atoms with van der Waals surface area (Å²) in [5.41, 5.74) is 6.29. The van der Waals surface area contributed by atoms with E-state index in [1.165, 1.54) is 5.69 Å². The van der Waals surface area contributed by atoms with Gasteiger partial charge in [-0.2, -0.15) is 11.3 Å². The highest BCUT2D eigenvalue weighted by Gasteiger charge is 2.23. The third-order valence-corrected chi connectivity index (χ3v) is 7.39. The Bertz CT molecular complexity index is 1340. The summed E-state index contributed by atoms with van der Waals surface area (Å²) in [6.07, 6.45) is 3.25. The molecule has 10 heteroatoms. The van der Waals surface area contributed by atoms with Gasteiger partial charge in [0.05, 0.1) is 12.6 Å². The zero-order valence-corrected chi connectivity index (χ0v) is 23.2.